The first-order valence-electron chi connectivity index (χ1n) is 6.39. The van der Waals surface area contributed by atoms with Gasteiger partial charge >= 0.3 is 0 Å². The molecule has 0 aliphatic carbocycles. The average Bonchev–Trinajstić information content (AvgIpc) is 2.46. The number of hydrazine groups is 1. The maximum atomic E-state index is 5.58. The third-order valence-electron chi connectivity index (χ3n) is 3.39. The van der Waals surface area contributed by atoms with E-state index in [1.54, 1.807) is 0 Å². The van der Waals surface area contributed by atoms with Crippen LogP contribution in [0.1, 0.15) is 16.8 Å². The van der Waals surface area contributed by atoms with Crippen LogP contribution in [0.25, 0.3) is 11.4 Å². The summed E-state index contributed by atoms with van der Waals surface area (Å²) in [4.78, 5) is 9.20. The van der Waals surface area contributed by atoms with Gasteiger partial charge in [0.1, 0.15) is 5.82 Å². The molecule has 0 radical (unpaired) electrons. The minimum atomic E-state index is 0.508. The molecule has 104 valence electrons. The Morgan fingerprint density at radius 1 is 1.35 bits per heavy atom. The fourth-order valence-electron chi connectivity index (χ4n) is 2.35. The Hall–Kier alpha value is -1.50. The molecule has 3 N–H and O–H groups in total. The highest BCUT2D eigenvalue weighted by Gasteiger charge is 2.19. The molecule has 0 saturated carbocycles. The molecule has 5 nitrogen and oxygen atoms in total. The first kappa shape index (κ1) is 13.5. The molecule has 0 spiro atoms. The van der Waals surface area contributed by atoms with Gasteiger partial charge in [-0.1, -0.05) is 15.9 Å². The summed E-state index contributed by atoms with van der Waals surface area (Å²) in [6.07, 6.45) is 0.787. The van der Waals surface area contributed by atoms with Crippen molar-refractivity contribution in [3.8, 4) is 11.4 Å². The van der Waals surface area contributed by atoms with Gasteiger partial charge in [-0.05, 0) is 30.7 Å². The van der Waals surface area contributed by atoms with Crippen molar-refractivity contribution in [1.82, 2.24) is 9.97 Å². The number of nitrogens with zero attached hydrogens (tertiary/aromatic N) is 2. The van der Waals surface area contributed by atoms with Gasteiger partial charge in [0.25, 0.3) is 0 Å². The van der Waals surface area contributed by atoms with Crippen molar-refractivity contribution in [3.05, 3.63) is 39.5 Å². The predicted molar refractivity (Wildman–Crippen MR) is 81.1 cm³/mol. The maximum absolute atomic E-state index is 5.58. The molecule has 20 heavy (non-hydrogen) atoms. The number of nitrogen functional groups attached to an aromatic ring is 1. The van der Waals surface area contributed by atoms with Crippen molar-refractivity contribution >= 4 is 21.7 Å². The third kappa shape index (κ3) is 2.42. The zero-order valence-electron chi connectivity index (χ0n) is 11.1. The molecule has 1 aliphatic rings. The van der Waals surface area contributed by atoms with E-state index >= 15 is 0 Å². The van der Waals surface area contributed by atoms with E-state index in [1.807, 2.05) is 19.1 Å². The van der Waals surface area contributed by atoms with Crippen molar-refractivity contribution in [2.24, 2.45) is 5.84 Å². The molecule has 0 saturated heterocycles. The van der Waals surface area contributed by atoms with Gasteiger partial charge in [0.05, 0.1) is 18.9 Å². The van der Waals surface area contributed by atoms with E-state index in [4.69, 9.17) is 10.6 Å². The van der Waals surface area contributed by atoms with Crippen LogP contribution < -0.4 is 11.3 Å². The van der Waals surface area contributed by atoms with Gasteiger partial charge in [-0.3, -0.25) is 0 Å². The highest BCUT2D eigenvalue weighted by molar-refractivity contribution is 9.10. The number of ether oxygens (including phenoxy) is 1. The summed E-state index contributed by atoms with van der Waals surface area (Å²) >= 11 is 3.47. The summed E-state index contributed by atoms with van der Waals surface area (Å²) in [7, 11) is 0. The first-order valence-corrected chi connectivity index (χ1v) is 7.19. The number of nitrogens with two attached hydrogens (primary N) is 1. The van der Waals surface area contributed by atoms with Gasteiger partial charge in [0.2, 0.25) is 0 Å². The monoisotopic (exact) mass is 334 g/mol. The number of hydrogen-bond donors (Lipinski definition) is 2. The van der Waals surface area contributed by atoms with E-state index in [0.29, 0.717) is 24.9 Å². The summed E-state index contributed by atoms with van der Waals surface area (Å²) in [6, 6.07) is 6.06. The highest BCUT2D eigenvalue weighted by atomic mass is 79.9. The summed E-state index contributed by atoms with van der Waals surface area (Å²) in [6.45, 7) is 3.24. The van der Waals surface area contributed by atoms with Crippen molar-refractivity contribution in [1.29, 1.82) is 0 Å². The number of rotatable bonds is 2. The van der Waals surface area contributed by atoms with Crippen molar-refractivity contribution < 1.29 is 4.74 Å². The van der Waals surface area contributed by atoms with E-state index < -0.39 is 0 Å². The van der Waals surface area contributed by atoms with E-state index in [9.17, 15) is 0 Å². The Labute approximate surface area is 125 Å². The number of aryl methyl sites for hydroxylation is 1. The summed E-state index contributed by atoms with van der Waals surface area (Å²) in [5, 5.41) is 0. The second-order valence-electron chi connectivity index (χ2n) is 4.73. The molecule has 0 amide bonds. The highest BCUT2D eigenvalue weighted by Crippen LogP contribution is 2.28. The minimum Gasteiger partial charge on any atom is -0.376 e. The molecule has 0 unspecified atom stereocenters. The number of benzene rings is 1. The van der Waals surface area contributed by atoms with Crippen molar-refractivity contribution in [2.75, 3.05) is 12.0 Å². The smallest absolute Gasteiger partial charge is 0.162 e. The second-order valence-corrected chi connectivity index (χ2v) is 5.64. The molecule has 3 rings (SSSR count). The summed E-state index contributed by atoms with van der Waals surface area (Å²) in [5.41, 5.74) is 6.75. The quantitative estimate of drug-likeness (QED) is 0.652. The largest absolute Gasteiger partial charge is 0.376 e. The van der Waals surface area contributed by atoms with Crippen LogP contribution in [0.5, 0.6) is 0 Å². The zero-order chi connectivity index (χ0) is 14.1. The van der Waals surface area contributed by atoms with E-state index in [1.165, 1.54) is 0 Å². The Bertz CT molecular complexity index is 643. The fourth-order valence-corrected chi connectivity index (χ4v) is 2.83. The Morgan fingerprint density at radius 2 is 2.20 bits per heavy atom. The van der Waals surface area contributed by atoms with Crippen LogP contribution >= 0.6 is 15.9 Å². The zero-order valence-corrected chi connectivity index (χ0v) is 12.7. The topological polar surface area (TPSA) is 73.1 Å². The number of nitrogens with one attached hydrogen (secondary N) is 1. The number of fused-ring (bicyclic) bond motifs is 1. The number of aromatic nitrogens is 2. The van der Waals surface area contributed by atoms with Crippen molar-refractivity contribution in [3.63, 3.8) is 0 Å². The molecule has 2 heterocycles. The van der Waals surface area contributed by atoms with Gasteiger partial charge in [0.15, 0.2) is 5.82 Å². The number of halogens is 1. The SMILES string of the molecule is Cc1cc(Br)ccc1-c1nc2c(c(NN)n1)COCC2. The van der Waals surface area contributed by atoms with E-state index in [0.717, 1.165) is 33.3 Å². The van der Waals surface area contributed by atoms with Crippen LogP contribution in [0.3, 0.4) is 0 Å². The molecule has 1 aliphatic heterocycles. The lowest BCUT2D eigenvalue weighted by Crippen LogP contribution is -2.19. The number of anilines is 1. The molecule has 0 bridgehead atoms. The van der Waals surface area contributed by atoms with Gasteiger partial charge in [0, 0.05) is 22.0 Å². The van der Waals surface area contributed by atoms with Crippen LogP contribution in [-0.4, -0.2) is 16.6 Å². The van der Waals surface area contributed by atoms with Crippen LogP contribution in [0.2, 0.25) is 0 Å². The van der Waals surface area contributed by atoms with Gasteiger partial charge in [-0.25, -0.2) is 15.8 Å². The van der Waals surface area contributed by atoms with Gasteiger partial charge in [-0.2, -0.15) is 0 Å². The van der Waals surface area contributed by atoms with Crippen LogP contribution in [-0.2, 0) is 17.8 Å². The van der Waals surface area contributed by atoms with Crippen LogP contribution in [0, 0.1) is 6.92 Å². The number of hydrogen-bond acceptors (Lipinski definition) is 5. The van der Waals surface area contributed by atoms with Crippen LogP contribution in [0.4, 0.5) is 5.82 Å². The molecule has 0 fully saturated rings. The van der Waals surface area contributed by atoms with Crippen LogP contribution in [0.15, 0.2) is 22.7 Å². The summed E-state index contributed by atoms with van der Waals surface area (Å²) in [5.74, 6) is 6.92. The lowest BCUT2D eigenvalue weighted by molar-refractivity contribution is 0.109. The molecule has 1 aromatic carbocycles. The molecular formula is C14H15BrN4O. The van der Waals surface area contributed by atoms with Gasteiger partial charge < -0.3 is 10.2 Å². The standard InChI is InChI=1S/C14H15BrN4O/c1-8-6-9(15)2-3-10(8)13-17-12-4-5-20-7-11(12)14(18-13)19-16/h2-3,6H,4-5,7,16H2,1H3,(H,17,18,19). The predicted octanol–water partition coefficient (Wildman–Crippen LogP) is 2.57. The van der Waals surface area contributed by atoms with E-state index in [-0.39, 0.29) is 0 Å². The Balaban J connectivity index is 2.14. The lowest BCUT2D eigenvalue weighted by Gasteiger charge is -2.19. The average molecular weight is 335 g/mol. The molecule has 2 aromatic rings. The maximum Gasteiger partial charge on any atom is 0.162 e. The first-order chi connectivity index (χ1) is 9.69. The Morgan fingerprint density at radius 3 is 2.95 bits per heavy atom. The summed E-state index contributed by atoms with van der Waals surface area (Å²) < 4.78 is 6.49. The fraction of sp³-hybridized carbons (Fsp3) is 0.286. The minimum absolute atomic E-state index is 0.508. The lowest BCUT2D eigenvalue weighted by atomic mass is 10.1. The third-order valence-corrected chi connectivity index (χ3v) is 3.88. The molecular weight excluding hydrogens is 320 g/mol. The Kier molecular flexibility index (Phi) is 3.69. The van der Waals surface area contributed by atoms with E-state index in [2.05, 4.69) is 37.4 Å². The normalized spacial score (nSPS) is 13.9. The molecule has 0 atom stereocenters. The second kappa shape index (κ2) is 5.47. The van der Waals surface area contributed by atoms with Crippen molar-refractivity contribution in [2.45, 2.75) is 20.0 Å². The van der Waals surface area contributed by atoms with Gasteiger partial charge in [-0.15, -0.1) is 0 Å². The molecule has 1 aromatic heterocycles. The molecule has 6 heteroatoms.